The van der Waals surface area contributed by atoms with Crippen LogP contribution in [0.2, 0.25) is 5.02 Å². The Balaban J connectivity index is 1.80. The first-order valence-electron chi connectivity index (χ1n) is 8.96. The number of anilines is 2. The predicted octanol–water partition coefficient (Wildman–Crippen LogP) is 5.84. The van der Waals surface area contributed by atoms with Gasteiger partial charge in [-0.25, -0.2) is 23.5 Å². The first kappa shape index (κ1) is 24.3. The summed E-state index contributed by atoms with van der Waals surface area (Å²) in [6.45, 7) is -0.466. The van der Waals surface area contributed by atoms with E-state index in [0.29, 0.717) is 21.1 Å². The van der Waals surface area contributed by atoms with Gasteiger partial charge in [0.15, 0.2) is 5.82 Å². The highest BCUT2D eigenvalue weighted by Crippen LogP contribution is 3.02. The summed E-state index contributed by atoms with van der Waals surface area (Å²) in [5.41, 5.74) is -0.722. The Morgan fingerprint density at radius 1 is 1.26 bits per heavy atom. The summed E-state index contributed by atoms with van der Waals surface area (Å²) < 4.78 is 96.3. The number of hydrogen-bond acceptors (Lipinski definition) is 5. The molecule has 17 heteroatoms. The van der Waals surface area contributed by atoms with Gasteiger partial charge in [0.05, 0.1) is 11.2 Å². The summed E-state index contributed by atoms with van der Waals surface area (Å²) in [5.74, 6) is -4.33. The van der Waals surface area contributed by atoms with E-state index in [1.165, 1.54) is 0 Å². The molecular weight excluding hydrogens is 539 g/mol. The number of amides is 3. The first-order valence-corrected chi connectivity index (χ1v) is 12.2. The smallest absolute Gasteiger partial charge is 0.323 e. The maximum absolute atomic E-state index is 14.4. The lowest BCUT2D eigenvalue weighted by Crippen LogP contribution is -2.47. The normalized spacial score (nSPS) is 18.6. The number of benzene rings is 1. The van der Waals surface area contributed by atoms with Gasteiger partial charge >= 0.3 is 16.3 Å². The largest absolute Gasteiger partial charge is 0.335 e. The minimum absolute atomic E-state index is 0.0515. The molecule has 1 atom stereocenters. The van der Waals surface area contributed by atoms with E-state index in [2.05, 4.69) is 15.3 Å². The molecule has 3 amide bonds. The number of fused-ring (bicyclic) bond motifs is 1. The van der Waals surface area contributed by atoms with Crippen LogP contribution >= 0.6 is 33.2 Å². The Labute approximate surface area is 194 Å². The predicted molar refractivity (Wildman–Crippen MR) is 113 cm³/mol. The van der Waals surface area contributed by atoms with Gasteiger partial charge in [0, 0.05) is 19.7 Å². The van der Waals surface area contributed by atoms with Crippen molar-refractivity contribution in [3.63, 3.8) is 0 Å². The van der Waals surface area contributed by atoms with Crippen LogP contribution in [-0.4, -0.2) is 41.5 Å². The average molecular weight is 550 g/mol. The van der Waals surface area contributed by atoms with Crippen LogP contribution in [0.25, 0.3) is 10.3 Å². The van der Waals surface area contributed by atoms with Gasteiger partial charge in [-0.2, -0.15) is 0 Å². The van der Waals surface area contributed by atoms with E-state index >= 15 is 0 Å². The van der Waals surface area contributed by atoms with Gasteiger partial charge in [-0.15, -0.1) is 11.3 Å². The third kappa shape index (κ3) is 4.09. The summed E-state index contributed by atoms with van der Waals surface area (Å²) in [4.78, 5) is 30.8. The maximum Gasteiger partial charge on any atom is 0.323 e. The molecule has 0 aliphatic carbocycles. The average Bonchev–Trinajstić information content (AvgIpc) is 3.34. The second kappa shape index (κ2) is 7.08. The van der Waals surface area contributed by atoms with E-state index in [1.54, 1.807) is 0 Å². The summed E-state index contributed by atoms with van der Waals surface area (Å²) in [6.07, 6.45) is 0. The Hall–Kier alpha value is -2.85. The molecule has 0 bridgehead atoms. The van der Waals surface area contributed by atoms with Crippen LogP contribution in [0.1, 0.15) is 0 Å². The number of aromatic nitrogens is 2. The van der Waals surface area contributed by atoms with Gasteiger partial charge in [0.25, 0.3) is 5.91 Å². The molecule has 0 saturated carbocycles. The molecule has 2 aromatic heterocycles. The third-order valence-electron chi connectivity index (χ3n) is 4.89. The molecule has 1 fully saturated rings. The molecule has 0 radical (unpaired) electrons. The summed E-state index contributed by atoms with van der Waals surface area (Å²) in [5, 5.41) is 1.30. The highest BCUT2D eigenvalue weighted by Gasteiger charge is 2.67. The van der Waals surface area contributed by atoms with Crippen LogP contribution in [0, 0.1) is 11.6 Å². The number of hydrogen-bond donors (Lipinski definition) is 1. The van der Waals surface area contributed by atoms with Gasteiger partial charge in [0.1, 0.15) is 37.9 Å². The third-order valence-corrected chi connectivity index (χ3v) is 7.10. The molecule has 1 aliphatic rings. The molecule has 3 heterocycles. The lowest BCUT2D eigenvalue weighted by atomic mass is 10.2. The number of carbonyl (C=O) groups excluding carboxylic acids is 2. The quantitative estimate of drug-likeness (QED) is 0.327. The number of halogens is 8. The van der Waals surface area contributed by atoms with E-state index in [0.717, 1.165) is 24.7 Å². The number of likely N-dealkylation sites (N-methyl/N-ethyl adjacent to an activating group) is 1. The van der Waals surface area contributed by atoms with Gasteiger partial charge in [-0.1, -0.05) is 31.0 Å². The van der Waals surface area contributed by atoms with Crippen molar-refractivity contribution >= 4 is 67.0 Å². The zero-order valence-electron chi connectivity index (χ0n) is 16.5. The Bertz CT molecular complexity index is 1370. The SMILES string of the molecule is CN(C(=O)[C@@H]1CNC(=O)N1c1cc(S(F)(F)(F)(F)F)c2ncsc2n1)c1ccc(F)c(Cl)c1F. The Kier molecular flexibility index (Phi) is 5.06. The highest BCUT2D eigenvalue weighted by molar-refractivity contribution is 8.46. The second-order valence-electron chi connectivity index (χ2n) is 7.12. The van der Waals surface area contributed by atoms with E-state index in [-0.39, 0.29) is 6.07 Å². The lowest BCUT2D eigenvalue weighted by Gasteiger charge is -2.40. The van der Waals surface area contributed by atoms with Crippen molar-refractivity contribution in [2.75, 3.05) is 23.4 Å². The molecule has 184 valence electrons. The van der Waals surface area contributed by atoms with Crippen molar-refractivity contribution in [2.45, 2.75) is 10.9 Å². The van der Waals surface area contributed by atoms with Crippen molar-refractivity contribution in [1.82, 2.24) is 15.3 Å². The zero-order valence-corrected chi connectivity index (χ0v) is 18.9. The Morgan fingerprint density at radius 2 is 1.94 bits per heavy atom. The lowest BCUT2D eigenvalue weighted by molar-refractivity contribution is -0.119. The molecule has 3 aromatic rings. The number of rotatable bonds is 4. The number of pyridine rings is 1. The number of nitrogens with zero attached hydrogens (tertiary/aromatic N) is 4. The molecule has 1 aromatic carbocycles. The minimum atomic E-state index is -10.3. The van der Waals surface area contributed by atoms with Crippen molar-refractivity contribution in [3.8, 4) is 0 Å². The molecule has 0 unspecified atom stereocenters. The number of carbonyl (C=O) groups is 2. The summed E-state index contributed by atoms with van der Waals surface area (Å²) >= 11 is 6.03. The van der Waals surface area contributed by atoms with Gasteiger partial charge in [-0.3, -0.25) is 9.69 Å². The fourth-order valence-electron chi connectivity index (χ4n) is 3.31. The molecule has 1 aliphatic heterocycles. The molecule has 0 spiro atoms. The van der Waals surface area contributed by atoms with E-state index in [4.69, 9.17) is 11.6 Å². The van der Waals surface area contributed by atoms with Gasteiger partial charge in [0.2, 0.25) is 0 Å². The van der Waals surface area contributed by atoms with Crippen LogP contribution in [0.5, 0.6) is 0 Å². The molecule has 4 rings (SSSR count). The van der Waals surface area contributed by atoms with Gasteiger partial charge < -0.3 is 10.2 Å². The van der Waals surface area contributed by atoms with Crippen molar-refractivity contribution in [2.24, 2.45) is 0 Å². The molecule has 1 N–H and O–H groups in total. The molecule has 7 nitrogen and oxygen atoms in total. The first-order chi connectivity index (χ1) is 15.5. The fourth-order valence-corrected chi connectivity index (χ4v) is 5.05. The van der Waals surface area contributed by atoms with E-state index in [9.17, 15) is 37.8 Å². The van der Waals surface area contributed by atoms with Crippen molar-refractivity contribution < 1.29 is 37.8 Å². The topological polar surface area (TPSA) is 78.4 Å². The molecule has 1 saturated heterocycles. The second-order valence-corrected chi connectivity index (χ2v) is 10.7. The fraction of sp³-hybridized carbons (Fsp3) is 0.176. The van der Waals surface area contributed by atoms with E-state index < -0.39 is 78.2 Å². The van der Waals surface area contributed by atoms with Crippen LogP contribution in [0.15, 0.2) is 28.6 Å². The van der Waals surface area contributed by atoms with Crippen LogP contribution in [0.4, 0.5) is 44.5 Å². The minimum Gasteiger partial charge on any atom is -0.335 e. The van der Waals surface area contributed by atoms with Crippen LogP contribution < -0.4 is 15.1 Å². The number of nitrogens with one attached hydrogen (secondary N) is 1. The summed E-state index contributed by atoms with van der Waals surface area (Å²) in [6, 6.07) is -1.10. The molecule has 34 heavy (non-hydrogen) atoms. The number of urea groups is 1. The summed E-state index contributed by atoms with van der Waals surface area (Å²) in [7, 11) is -9.24. The van der Waals surface area contributed by atoms with Crippen LogP contribution in [-0.2, 0) is 4.79 Å². The maximum atomic E-state index is 14.4. The monoisotopic (exact) mass is 549 g/mol. The van der Waals surface area contributed by atoms with Crippen molar-refractivity contribution in [3.05, 3.63) is 40.4 Å². The van der Waals surface area contributed by atoms with Crippen molar-refractivity contribution in [1.29, 1.82) is 0 Å². The van der Waals surface area contributed by atoms with Crippen LogP contribution in [0.3, 0.4) is 0 Å². The number of thiazole rings is 1. The highest BCUT2D eigenvalue weighted by atomic mass is 35.5. The van der Waals surface area contributed by atoms with E-state index in [1.807, 2.05) is 0 Å². The standard InChI is InChI=1S/C17H11ClF7N5O2S2/c1-29(8-3-2-7(19)12(18)13(8)20)16(31)9-5-26-17(32)30(9)11-4-10(34(21,22,23,24)25)14-15(28-11)33-6-27-14/h2-4,6,9H,5H2,1H3,(H,26,32)/t9-/m0/s1. The van der Waals surface area contributed by atoms with Gasteiger partial charge in [-0.05, 0) is 12.1 Å². The zero-order chi connectivity index (χ0) is 25.3. The Morgan fingerprint density at radius 3 is 2.59 bits per heavy atom. The molecular formula is C17H11ClF7N5O2S2.